The largest absolute Gasteiger partial charge is 0.368 e. The van der Waals surface area contributed by atoms with E-state index >= 15 is 0 Å². The molecule has 1 aliphatic rings. The van der Waals surface area contributed by atoms with Crippen molar-refractivity contribution in [2.24, 2.45) is 5.73 Å². The molecule has 1 atom stereocenters. The average Bonchev–Trinajstić information content (AvgIpc) is 2.76. The lowest BCUT2D eigenvalue weighted by Crippen LogP contribution is -2.41. The van der Waals surface area contributed by atoms with E-state index in [1.54, 1.807) is 4.90 Å². The van der Waals surface area contributed by atoms with Gasteiger partial charge in [0.15, 0.2) is 0 Å². The van der Waals surface area contributed by atoms with Crippen molar-refractivity contribution in [2.75, 3.05) is 19.6 Å². The molecule has 0 radical (unpaired) electrons. The highest BCUT2D eigenvalue weighted by Gasteiger charge is 2.22. The van der Waals surface area contributed by atoms with Gasteiger partial charge in [-0.3, -0.25) is 9.59 Å². The van der Waals surface area contributed by atoms with Gasteiger partial charge in [-0.2, -0.15) is 0 Å². The van der Waals surface area contributed by atoms with Crippen LogP contribution in [0.25, 0.3) is 0 Å². The van der Waals surface area contributed by atoms with Crippen molar-refractivity contribution >= 4 is 24.2 Å². The number of carbonyl (C=O) groups excluding carboxylic acids is 2. The summed E-state index contributed by atoms with van der Waals surface area (Å²) < 4.78 is 0. The van der Waals surface area contributed by atoms with Crippen molar-refractivity contribution in [2.45, 2.75) is 45.1 Å². The van der Waals surface area contributed by atoms with Gasteiger partial charge in [0.2, 0.25) is 11.8 Å². The van der Waals surface area contributed by atoms with Gasteiger partial charge in [-0.05, 0) is 25.8 Å². The predicted octanol–water partition coefficient (Wildman–Crippen LogP) is 0.664. The molecule has 0 bridgehead atoms. The summed E-state index contributed by atoms with van der Waals surface area (Å²) in [4.78, 5) is 24.5. The van der Waals surface area contributed by atoms with Crippen LogP contribution in [0.5, 0.6) is 0 Å². The standard InChI is InChI=1S/C12H23N3O2.ClH/c1-2-3-7-15(9-11(13)16)12(17)8-10-5-4-6-14-10;/h10,14H,2-9H2,1H3,(H2,13,16);1H. The summed E-state index contributed by atoms with van der Waals surface area (Å²) in [7, 11) is 0. The number of nitrogens with one attached hydrogen (secondary N) is 1. The number of hydrogen-bond donors (Lipinski definition) is 2. The highest BCUT2D eigenvalue weighted by Crippen LogP contribution is 2.10. The molecule has 2 amide bonds. The molecular formula is C12H24ClN3O2. The number of nitrogens with zero attached hydrogens (tertiary/aromatic N) is 1. The van der Waals surface area contributed by atoms with Crippen molar-refractivity contribution < 1.29 is 9.59 Å². The van der Waals surface area contributed by atoms with E-state index in [-0.39, 0.29) is 30.9 Å². The Morgan fingerprint density at radius 1 is 1.44 bits per heavy atom. The number of halogens is 1. The van der Waals surface area contributed by atoms with Gasteiger partial charge in [0, 0.05) is 19.0 Å². The zero-order valence-corrected chi connectivity index (χ0v) is 11.8. The van der Waals surface area contributed by atoms with Crippen molar-refractivity contribution in [1.29, 1.82) is 0 Å². The van der Waals surface area contributed by atoms with Crippen molar-refractivity contribution in [3.05, 3.63) is 0 Å². The molecule has 0 aromatic heterocycles. The maximum absolute atomic E-state index is 12.0. The maximum atomic E-state index is 12.0. The number of hydrogen-bond acceptors (Lipinski definition) is 3. The van der Waals surface area contributed by atoms with E-state index in [1.807, 2.05) is 0 Å². The van der Waals surface area contributed by atoms with Crippen LogP contribution in [-0.2, 0) is 9.59 Å². The zero-order valence-electron chi connectivity index (χ0n) is 11.0. The lowest BCUT2D eigenvalue weighted by Gasteiger charge is -2.22. The molecule has 0 aromatic carbocycles. The Bertz CT molecular complexity index is 268. The van der Waals surface area contributed by atoms with Crippen LogP contribution in [-0.4, -0.2) is 42.4 Å². The Hall–Kier alpha value is -0.810. The number of carbonyl (C=O) groups is 2. The van der Waals surface area contributed by atoms with E-state index in [1.165, 1.54) is 0 Å². The van der Waals surface area contributed by atoms with E-state index in [9.17, 15) is 9.59 Å². The molecule has 1 unspecified atom stereocenters. The monoisotopic (exact) mass is 277 g/mol. The van der Waals surface area contributed by atoms with Gasteiger partial charge in [0.25, 0.3) is 0 Å². The fourth-order valence-electron chi connectivity index (χ4n) is 2.10. The fourth-order valence-corrected chi connectivity index (χ4v) is 2.10. The first-order chi connectivity index (χ1) is 8.13. The molecule has 18 heavy (non-hydrogen) atoms. The molecule has 1 saturated heterocycles. The third-order valence-corrected chi connectivity index (χ3v) is 3.06. The second-order valence-electron chi connectivity index (χ2n) is 4.63. The molecule has 6 heteroatoms. The molecule has 3 N–H and O–H groups in total. The van der Waals surface area contributed by atoms with E-state index in [2.05, 4.69) is 12.2 Å². The van der Waals surface area contributed by atoms with Gasteiger partial charge in [0.1, 0.15) is 0 Å². The van der Waals surface area contributed by atoms with Crippen LogP contribution >= 0.6 is 12.4 Å². The molecule has 5 nitrogen and oxygen atoms in total. The average molecular weight is 278 g/mol. The lowest BCUT2D eigenvalue weighted by molar-refractivity contribution is -0.135. The Morgan fingerprint density at radius 2 is 2.17 bits per heavy atom. The predicted molar refractivity (Wildman–Crippen MR) is 73.6 cm³/mol. The van der Waals surface area contributed by atoms with Gasteiger partial charge in [0.05, 0.1) is 6.54 Å². The molecule has 1 aliphatic heterocycles. The summed E-state index contributed by atoms with van der Waals surface area (Å²) in [5.74, 6) is -0.398. The number of unbranched alkanes of at least 4 members (excludes halogenated alkanes) is 1. The Balaban J connectivity index is 0.00000289. The van der Waals surface area contributed by atoms with Crippen molar-refractivity contribution in [3.8, 4) is 0 Å². The first-order valence-corrected chi connectivity index (χ1v) is 6.43. The third kappa shape index (κ3) is 6.21. The SMILES string of the molecule is CCCCN(CC(N)=O)C(=O)CC1CCCN1.Cl. The first kappa shape index (κ1) is 17.2. The maximum Gasteiger partial charge on any atom is 0.237 e. The van der Waals surface area contributed by atoms with E-state index in [0.29, 0.717) is 13.0 Å². The molecule has 1 rings (SSSR count). The molecule has 0 aromatic rings. The van der Waals surface area contributed by atoms with Gasteiger partial charge >= 0.3 is 0 Å². The molecule has 0 saturated carbocycles. The zero-order chi connectivity index (χ0) is 12.7. The summed E-state index contributed by atoms with van der Waals surface area (Å²) in [6, 6.07) is 0.277. The Kier molecular flexibility index (Phi) is 8.75. The van der Waals surface area contributed by atoms with Crippen molar-refractivity contribution in [3.63, 3.8) is 0 Å². The van der Waals surface area contributed by atoms with Crippen LogP contribution in [0.2, 0.25) is 0 Å². The quantitative estimate of drug-likeness (QED) is 0.718. The smallest absolute Gasteiger partial charge is 0.237 e. The second kappa shape index (κ2) is 9.16. The Labute approximate surface area is 115 Å². The van der Waals surface area contributed by atoms with Gasteiger partial charge < -0.3 is 16.0 Å². The van der Waals surface area contributed by atoms with Gasteiger partial charge in [-0.15, -0.1) is 12.4 Å². The summed E-state index contributed by atoms with van der Waals surface area (Å²) >= 11 is 0. The highest BCUT2D eigenvalue weighted by atomic mass is 35.5. The minimum atomic E-state index is -0.436. The fraction of sp³-hybridized carbons (Fsp3) is 0.833. The van der Waals surface area contributed by atoms with Crippen LogP contribution in [0.3, 0.4) is 0 Å². The molecule has 106 valence electrons. The summed E-state index contributed by atoms with van der Waals surface area (Å²) in [6.07, 6.45) is 4.57. The molecule has 0 spiro atoms. The minimum Gasteiger partial charge on any atom is -0.368 e. The topological polar surface area (TPSA) is 75.4 Å². The van der Waals surface area contributed by atoms with Crippen LogP contribution in [0.4, 0.5) is 0 Å². The number of nitrogens with two attached hydrogens (primary N) is 1. The number of amides is 2. The second-order valence-corrected chi connectivity index (χ2v) is 4.63. The van der Waals surface area contributed by atoms with Crippen molar-refractivity contribution in [1.82, 2.24) is 10.2 Å². The summed E-state index contributed by atoms with van der Waals surface area (Å²) in [6.45, 7) is 3.73. The first-order valence-electron chi connectivity index (χ1n) is 6.43. The summed E-state index contributed by atoms with van der Waals surface area (Å²) in [5, 5.41) is 3.29. The van der Waals surface area contributed by atoms with Crippen LogP contribution in [0.15, 0.2) is 0 Å². The third-order valence-electron chi connectivity index (χ3n) is 3.06. The number of rotatable bonds is 7. The van der Waals surface area contributed by atoms with E-state index in [4.69, 9.17) is 5.73 Å². The Morgan fingerprint density at radius 3 is 2.67 bits per heavy atom. The van der Waals surface area contributed by atoms with Gasteiger partial charge in [-0.1, -0.05) is 13.3 Å². The van der Waals surface area contributed by atoms with Gasteiger partial charge in [-0.25, -0.2) is 0 Å². The van der Waals surface area contributed by atoms with Crippen LogP contribution in [0.1, 0.15) is 39.0 Å². The lowest BCUT2D eigenvalue weighted by atomic mass is 10.1. The molecule has 1 heterocycles. The molecule has 1 fully saturated rings. The number of primary amides is 1. The minimum absolute atomic E-state index is 0. The summed E-state index contributed by atoms with van der Waals surface area (Å²) in [5.41, 5.74) is 5.16. The van der Waals surface area contributed by atoms with Crippen LogP contribution in [0, 0.1) is 0 Å². The highest BCUT2D eigenvalue weighted by molar-refractivity contribution is 5.85. The van der Waals surface area contributed by atoms with E-state index < -0.39 is 5.91 Å². The van der Waals surface area contributed by atoms with Crippen LogP contribution < -0.4 is 11.1 Å². The van der Waals surface area contributed by atoms with E-state index in [0.717, 1.165) is 32.2 Å². The molecule has 0 aliphatic carbocycles. The molecular weight excluding hydrogens is 254 g/mol. The normalized spacial score (nSPS) is 18.2.